The van der Waals surface area contributed by atoms with Gasteiger partial charge in [0.1, 0.15) is 5.82 Å². The van der Waals surface area contributed by atoms with E-state index >= 15 is 0 Å². The standard InChI is InChI=1S/C12H14FNO/c1-9(15)4-5-10-6-7-11(13)8-12(10)14(2)3/h4-8H,1-3H3/b5-4+. The smallest absolute Gasteiger partial charge is 0.152 e. The highest BCUT2D eigenvalue weighted by Gasteiger charge is 2.03. The van der Waals surface area contributed by atoms with Crippen molar-refractivity contribution < 1.29 is 9.18 Å². The van der Waals surface area contributed by atoms with Crippen LogP contribution in [0, 0.1) is 5.82 Å². The molecule has 0 aromatic heterocycles. The number of carbonyl (C=O) groups is 1. The van der Waals surface area contributed by atoms with Gasteiger partial charge in [-0.25, -0.2) is 4.39 Å². The van der Waals surface area contributed by atoms with Crippen LogP contribution in [-0.2, 0) is 4.79 Å². The highest BCUT2D eigenvalue weighted by molar-refractivity contribution is 5.92. The molecule has 0 spiro atoms. The van der Waals surface area contributed by atoms with Crippen LogP contribution in [0.4, 0.5) is 10.1 Å². The summed E-state index contributed by atoms with van der Waals surface area (Å²) in [7, 11) is 3.67. The Kier molecular flexibility index (Phi) is 3.61. The Hall–Kier alpha value is -1.64. The van der Waals surface area contributed by atoms with E-state index in [4.69, 9.17) is 0 Å². The van der Waals surface area contributed by atoms with Crippen LogP contribution in [0.5, 0.6) is 0 Å². The third kappa shape index (κ3) is 3.20. The molecule has 0 amide bonds. The van der Waals surface area contributed by atoms with Crippen LogP contribution >= 0.6 is 0 Å². The van der Waals surface area contributed by atoms with Gasteiger partial charge in [0.05, 0.1) is 0 Å². The van der Waals surface area contributed by atoms with Crippen LogP contribution in [0.3, 0.4) is 0 Å². The van der Waals surface area contributed by atoms with Gasteiger partial charge in [-0.3, -0.25) is 4.79 Å². The minimum atomic E-state index is -0.279. The first-order valence-corrected chi connectivity index (χ1v) is 4.66. The molecule has 0 radical (unpaired) electrons. The lowest BCUT2D eigenvalue weighted by Gasteiger charge is -2.15. The molecule has 3 heteroatoms. The Labute approximate surface area is 89.0 Å². The molecule has 0 aliphatic rings. The van der Waals surface area contributed by atoms with Crippen molar-refractivity contribution in [3.63, 3.8) is 0 Å². The molecule has 80 valence electrons. The molecule has 0 aliphatic heterocycles. The van der Waals surface area contributed by atoms with E-state index in [1.54, 1.807) is 12.1 Å². The number of allylic oxidation sites excluding steroid dienone is 1. The quantitative estimate of drug-likeness (QED) is 0.710. The normalized spacial score (nSPS) is 10.7. The number of carbonyl (C=O) groups excluding carboxylic acids is 1. The van der Waals surface area contributed by atoms with E-state index in [2.05, 4.69) is 0 Å². The summed E-state index contributed by atoms with van der Waals surface area (Å²) in [6.45, 7) is 1.48. The topological polar surface area (TPSA) is 20.3 Å². The van der Waals surface area contributed by atoms with E-state index in [0.717, 1.165) is 11.3 Å². The summed E-state index contributed by atoms with van der Waals surface area (Å²) in [4.78, 5) is 12.6. The van der Waals surface area contributed by atoms with Crippen molar-refractivity contribution in [2.75, 3.05) is 19.0 Å². The SMILES string of the molecule is CC(=O)/C=C/c1ccc(F)cc1N(C)C. The molecule has 0 heterocycles. The average Bonchev–Trinajstić information content (AvgIpc) is 2.15. The molecule has 0 atom stereocenters. The third-order valence-electron chi connectivity index (χ3n) is 1.97. The number of anilines is 1. The molecule has 1 rings (SSSR count). The van der Waals surface area contributed by atoms with Gasteiger partial charge in [-0.05, 0) is 42.8 Å². The number of hydrogen-bond donors (Lipinski definition) is 0. The summed E-state index contributed by atoms with van der Waals surface area (Å²) < 4.78 is 13.0. The monoisotopic (exact) mass is 207 g/mol. The van der Waals surface area contributed by atoms with Crippen molar-refractivity contribution in [3.8, 4) is 0 Å². The second kappa shape index (κ2) is 4.73. The molecule has 0 fully saturated rings. The van der Waals surface area contributed by atoms with Gasteiger partial charge in [0.2, 0.25) is 0 Å². The third-order valence-corrected chi connectivity index (χ3v) is 1.97. The van der Waals surface area contributed by atoms with Crippen molar-refractivity contribution in [1.82, 2.24) is 0 Å². The van der Waals surface area contributed by atoms with E-state index in [0.29, 0.717) is 0 Å². The highest BCUT2D eigenvalue weighted by atomic mass is 19.1. The van der Waals surface area contributed by atoms with Gasteiger partial charge < -0.3 is 4.90 Å². The van der Waals surface area contributed by atoms with Gasteiger partial charge in [-0.15, -0.1) is 0 Å². The van der Waals surface area contributed by atoms with Crippen molar-refractivity contribution in [3.05, 3.63) is 35.7 Å². The predicted molar refractivity (Wildman–Crippen MR) is 60.4 cm³/mol. The van der Waals surface area contributed by atoms with Gasteiger partial charge in [-0.2, -0.15) is 0 Å². The molecule has 0 aliphatic carbocycles. The number of ketones is 1. The fourth-order valence-electron chi connectivity index (χ4n) is 1.25. The van der Waals surface area contributed by atoms with Crippen LogP contribution in [-0.4, -0.2) is 19.9 Å². The van der Waals surface area contributed by atoms with Crippen molar-refractivity contribution in [2.45, 2.75) is 6.92 Å². The molecule has 1 aromatic carbocycles. The minimum absolute atomic E-state index is 0.0240. The molecule has 2 nitrogen and oxygen atoms in total. The number of nitrogens with zero attached hydrogens (tertiary/aromatic N) is 1. The first-order valence-electron chi connectivity index (χ1n) is 4.66. The first kappa shape index (κ1) is 11.4. The lowest BCUT2D eigenvalue weighted by Crippen LogP contribution is -2.10. The molecule has 0 saturated carbocycles. The largest absolute Gasteiger partial charge is 0.377 e. The van der Waals surface area contributed by atoms with E-state index in [9.17, 15) is 9.18 Å². The molecule has 0 unspecified atom stereocenters. The Balaban J connectivity index is 3.11. The van der Waals surface area contributed by atoms with Gasteiger partial charge >= 0.3 is 0 Å². The fraction of sp³-hybridized carbons (Fsp3) is 0.250. The summed E-state index contributed by atoms with van der Waals surface area (Å²) in [6, 6.07) is 4.48. The molecule has 0 saturated heterocycles. The Bertz CT molecular complexity index is 397. The zero-order chi connectivity index (χ0) is 11.4. The number of rotatable bonds is 3. The summed E-state index contributed by atoms with van der Waals surface area (Å²) in [5.74, 6) is -0.303. The lowest BCUT2D eigenvalue weighted by molar-refractivity contribution is -0.112. The molecule has 15 heavy (non-hydrogen) atoms. The molecular weight excluding hydrogens is 193 g/mol. The predicted octanol–water partition coefficient (Wildman–Crippen LogP) is 2.49. The van der Waals surface area contributed by atoms with Gasteiger partial charge in [0.25, 0.3) is 0 Å². The maximum Gasteiger partial charge on any atom is 0.152 e. The van der Waals surface area contributed by atoms with Crippen LogP contribution in [0.1, 0.15) is 12.5 Å². The van der Waals surface area contributed by atoms with Crippen LogP contribution < -0.4 is 4.90 Å². The first-order chi connectivity index (χ1) is 7.00. The van der Waals surface area contributed by atoms with Crippen molar-refractivity contribution in [1.29, 1.82) is 0 Å². The van der Waals surface area contributed by atoms with Gasteiger partial charge in [0.15, 0.2) is 5.78 Å². The van der Waals surface area contributed by atoms with Gasteiger partial charge in [0, 0.05) is 19.8 Å². The van der Waals surface area contributed by atoms with Crippen molar-refractivity contribution in [2.24, 2.45) is 0 Å². The number of hydrogen-bond acceptors (Lipinski definition) is 2. The summed E-state index contributed by atoms with van der Waals surface area (Å²) in [5, 5.41) is 0. The Morgan fingerprint density at radius 2 is 2.07 bits per heavy atom. The second-order valence-electron chi connectivity index (χ2n) is 3.54. The number of benzene rings is 1. The Morgan fingerprint density at radius 3 is 2.60 bits per heavy atom. The van der Waals surface area contributed by atoms with Crippen LogP contribution in [0.2, 0.25) is 0 Å². The molecular formula is C12H14FNO. The van der Waals surface area contributed by atoms with E-state index in [1.807, 2.05) is 19.0 Å². The Morgan fingerprint density at radius 1 is 1.40 bits per heavy atom. The van der Waals surface area contributed by atoms with Crippen LogP contribution in [0.25, 0.3) is 6.08 Å². The van der Waals surface area contributed by atoms with E-state index < -0.39 is 0 Å². The van der Waals surface area contributed by atoms with Crippen molar-refractivity contribution >= 4 is 17.5 Å². The molecule has 1 aromatic rings. The maximum atomic E-state index is 13.0. The maximum absolute atomic E-state index is 13.0. The minimum Gasteiger partial charge on any atom is -0.377 e. The summed E-state index contributed by atoms with van der Waals surface area (Å²) >= 11 is 0. The summed E-state index contributed by atoms with van der Waals surface area (Å²) in [6.07, 6.45) is 3.16. The zero-order valence-corrected chi connectivity index (χ0v) is 9.12. The zero-order valence-electron chi connectivity index (χ0n) is 9.12. The molecule has 0 N–H and O–H groups in total. The van der Waals surface area contributed by atoms with E-state index in [-0.39, 0.29) is 11.6 Å². The highest BCUT2D eigenvalue weighted by Crippen LogP contribution is 2.21. The van der Waals surface area contributed by atoms with E-state index in [1.165, 1.54) is 25.1 Å². The van der Waals surface area contributed by atoms with Crippen LogP contribution in [0.15, 0.2) is 24.3 Å². The second-order valence-corrected chi connectivity index (χ2v) is 3.54. The summed E-state index contributed by atoms with van der Waals surface area (Å²) in [5.41, 5.74) is 1.59. The average molecular weight is 207 g/mol. The fourth-order valence-corrected chi connectivity index (χ4v) is 1.25. The lowest BCUT2D eigenvalue weighted by atomic mass is 10.1. The van der Waals surface area contributed by atoms with Gasteiger partial charge in [-0.1, -0.05) is 0 Å². The molecule has 0 bridgehead atoms. The number of halogens is 1.